The summed E-state index contributed by atoms with van der Waals surface area (Å²) in [5.41, 5.74) is 1.79. The van der Waals surface area contributed by atoms with Gasteiger partial charge < -0.3 is 4.74 Å². The molecule has 1 fully saturated rings. The molecule has 2 aromatic rings. The fourth-order valence-electron chi connectivity index (χ4n) is 4.26. The number of rotatable bonds is 4. The van der Waals surface area contributed by atoms with E-state index in [0.717, 1.165) is 31.2 Å². The molecule has 0 aromatic heterocycles. The van der Waals surface area contributed by atoms with Gasteiger partial charge in [-0.2, -0.15) is 0 Å². The van der Waals surface area contributed by atoms with Crippen LogP contribution >= 0.6 is 0 Å². The second kappa shape index (κ2) is 7.57. The Balaban J connectivity index is 1.40. The summed E-state index contributed by atoms with van der Waals surface area (Å²) in [6.45, 7) is 0.573. The summed E-state index contributed by atoms with van der Waals surface area (Å²) in [6.07, 6.45) is 3.22. The number of hydrogen-bond donors (Lipinski definition) is 0. The highest BCUT2D eigenvalue weighted by Crippen LogP contribution is 2.37. The standard InChI is InChI=1S/C23H22O4/c24-21-18-8-4-5-9-19(18)22(25)23(26)20(21)16-10-12-17(13-11-16)27-14-15-6-2-1-3-7-15/h1-9,16-17,20H,10-14H2. The number of carbonyl (C=O) groups is 3. The van der Waals surface area contributed by atoms with Crippen LogP contribution in [0.1, 0.15) is 52.0 Å². The average Bonchev–Trinajstić information content (AvgIpc) is 2.72. The quantitative estimate of drug-likeness (QED) is 0.609. The molecule has 0 aliphatic heterocycles. The summed E-state index contributed by atoms with van der Waals surface area (Å²) < 4.78 is 6.00. The number of ketones is 3. The Bertz CT molecular complexity index is 863. The average molecular weight is 362 g/mol. The van der Waals surface area contributed by atoms with Gasteiger partial charge in [-0.25, -0.2) is 0 Å². The Morgan fingerprint density at radius 3 is 2.07 bits per heavy atom. The first-order valence-corrected chi connectivity index (χ1v) is 9.52. The van der Waals surface area contributed by atoms with Crippen LogP contribution < -0.4 is 0 Å². The van der Waals surface area contributed by atoms with Gasteiger partial charge in [0.1, 0.15) is 0 Å². The van der Waals surface area contributed by atoms with Crippen molar-refractivity contribution in [3.8, 4) is 0 Å². The molecule has 0 N–H and O–H groups in total. The third-order valence-electron chi connectivity index (χ3n) is 5.74. The van der Waals surface area contributed by atoms with Crippen molar-refractivity contribution in [2.45, 2.75) is 38.4 Å². The maximum absolute atomic E-state index is 12.9. The topological polar surface area (TPSA) is 60.4 Å². The summed E-state index contributed by atoms with van der Waals surface area (Å²) >= 11 is 0. The minimum Gasteiger partial charge on any atom is -0.374 e. The minimum absolute atomic E-state index is 0.0705. The highest BCUT2D eigenvalue weighted by atomic mass is 16.5. The van der Waals surface area contributed by atoms with Crippen molar-refractivity contribution < 1.29 is 19.1 Å². The fourth-order valence-corrected chi connectivity index (χ4v) is 4.26. The van der Waals surface area contributed by atoms with E-state index in [1.807, 2.05) is 30.3 Å². The van der Waals surface area contributed by atoms with Crippen LogP contribution in [-0.2, 0) is 16.1 Å². The van der Waals surface area contributed by atoms with Crippen LogP contribution in [0, 0.1) is 11.8 Å². The molecule has 2 aromatic carbocycles. The van der Waals surface area contributed by atoms with E-state index in [1.54, 1.807) is 24.3 Å². The molecule has 0 spiro atoms. The maximum atomic E-state index is 12.9. The molecule has 0 heterocycles. The molecule has 0 radical (unpaired) electrons. The zero-order valence-electron chi connectivity index (χ0n) is 15.1. The lowest BCUT2D eigenvalue weighted by atomic mass is 9.69. The number of fused-ring (bicyclic) bond motifs is 1. The summed E-state index contributed by atoms with van der Waals surface area (Å²) in [6, 6.07) is 16.7. The van der Waals surface area contributed by atoms with Gasteiger partial charge in [0, 0.05) is 11.1 Å². The zero-order valence-corrected chi connectivity index (χ0v) is 15.1. The molecular formula is C23H22O4. The van der Waals surface area contributed by atoms with E-state index >= 15 is 0 Å². The SMILES string of the molecule is O=C1C(=O)C(C2CCC(OCc3ccccc3)CC2)C(=O)c2ccccc21. The van der Waals surface area contributed by atoms with Crippen LogP contribution in [-0.4, -0.2) is 23.5 Å². The lowest BCUT2D eigenvalue weighted by Crippen LogP contribution is -2.42. The van der Waals surface area contributed by atoms with Crippen molar-refractivity contribution >= 4 is 17.3 Å². The van der Waals surface area contributed by atoms with Gasteiger partial charge in [-0.3, -0.25) is 14.4 Å². The van der Waals surface area contributed by atoms with E-state index in [4.69, 9.17) is 4.74 Å². The van der Waals surface area contributed by atoms with Crippen molar-refractivity contribution in [2.24, 2.45) is 11.8 Å². The molecule has 0 bridgehead atoms. The summed E-state index contributed by atoms with van der Waals surface area (Å²) in [5, 5.41) is 0. The van der Waals surface area contributed by atoms with Gasteiger partial charge in [0.15, 0.2) is 5.78 Å². The second-order valence-electron chi connectivity index (χ2n) is 7.41. The Kier molecular flexibility index (Phi) is 4.99. The molecule has 2 aliphatic carbocycles. The van der Waals surface area contributed by atoms with Crippen LogP contribution in [0.5, 0.6) is 0 Å². The van der Waals surface area contributed by atoms with Crippen LogP contribution in [0.4, 0.5) is 0 Å². The molecule has 0 amide bonds. The summed E-state index contributed by atoms with van der Waals surface area (Å²) in [5.74, 6) is -2.13. The smallest absolute Gasteiger partial charge is 0.230 e. The predicted octanol–water partition coefficient (Wildman–Crippen LogP) is 4.03. The molecule has 1 unspecified atom stereocenters. The van der Waals surface area contributed by atoms with Gasteiger partial charge in [0.25, 0.3) is 0 Å². The van der Waals surface area contributed by atoms with Crippen molar-refractivity contribution in [1.29, 1.82) is 0 Å². The lowest BCUT2D eigenvalue weighted by Gasteiger charge is -2.34. The van der Waals surface area contributed by atoms with Crippen LogP contribution in [0.15, 0.2) is 54.6 Å². The fraction of sp³-hybridized carbons (Fsp3) is 0.348. The Morgan fingerprint density at radius 1 is 0.741 bits per heavy atom. The third kappa shape index (κ3) is 3.50. The Labute approximate surface area is 158 Å². The van der Waals surface area contributed by atoms with Gasteiger partial charge in [0.05, 0.1) is 18.6 Å². The molecule has 0 saturated heterocycles. The highest BCUT2D eigenvalue weighted by molar-refractivity contribution is 6.51. The third-order valence-corrected chi connectivity index (χ3v) is 5.74. The molecule has 4 heteroatoms. The highest BCUT2D eigenvalue weighted by Gasteiger charge is 2.45. The van der Waals surface area contributed by atoms with Crippen molar-refractivity contribution in [3.63, 3.8) is 0 Å². The molecule has 2 aliphatic rings. The molecule has 1 saturated carbocycles. The minimum atomic E-state index is -0.817. The zero-order chi connectivity index (χ0) is 18.8. The summed E-state index contributed by atoms with van der Waals surface area (Å²) in [7, 11) is 0. The van der Waals surface area contributed by atoms with Gasteiger partial charge in [0.2, 0.25) is 11.6 Å². The molecule has 27 heavy (non-hydrogen) atoms. The van der Waals surface area contributed by atoms with Crippen LogP contribution in [0.25, 0.3) is 0 Å². The number of hydrogen-bond acceptors (Lipinski definition) is 4. The molecule has 4 rings (SSSR count). The predicted molar refractivity (Wildman–Crippen MR) is 101 cm³/mol. The van der Waals surface area contributed by atoms with E-state index < -0.39 is 17.5 Å². The molecular weight excluding hydrogens is 340 g/mol. The number of benzene rings is 2. The number of carbonyl (C=O) groups excluding carboxylic acids is 3. The van der Waals surface area contributed by atoms with Gasteiger partial charge in [-0.15, -0.1) is 0 Å². The Morgan fingerprint density at radius 2 is 1.37 bits per heavy atom. The van der Waals surface area contributed by atoms with Crippen LogP contribution in [0.2, 0.25) is 0 Å². The first-order valence-electron chi connectivity index (χ1n) is 9.52. The monoisotopic (exact) mass is 362 g/mol. The van der Waals surface area contributed by atoms with Crippen molar-refractivity contribution in [3.05, 3.63) is 71.3 Å². The lowest BCUT2D eigenvalue weighted by molar-refractivity contribution is -0.119. The van der Waals surface area contributed by atoms with E-state index in [2.05, 4.69) is 0 Å². The number of Topliss-reactive ketones (excluding diaryl/α,β-unsaturated/α-hetero) is 3. The van der Waals surface area contributed by atoms with E-state index in [1.165, 1.54) is 0 Å². The molecule has 4 nitrogen and oxygen atoms in total. The number of ether oxygens (including phenoxy) is 1. The normalized spacial score (nSPS) is 25.3. The van der Waals surface area contributed by atoms with Crippen molar-refractivity contribution in [1.82, 2.24) is 0 Å². The molecule has 138 valence electrons. The maximum Gasteiger partial charge on any atom is 0.230 e. The first kappa shape index (κ1) is 17.8. The molecule has 1 atom stereocenters. The largest absolute Gasteiger partial charge is 0.374 e. The van der Waals surface area contributed by atoms with E-state index in [0.29, 0.717) is 12.2 Å². The van der Waals surface area contributed by atoms with Gasteiger partial charge >= 0.3 is 0 Å². The van der Waals surface area contributed by atoms with Gasteiger partial charge in [-0.05, 0) is 37.2 Å². The van der Waals surface area contributed by atoms with Crippen molar-refractivity contribution in [2.75, 3.05) is 0 Å². The summed E-state index contributed by atoms with van der Waals surface area (Å²) in [4.78, 5) is 37.9. The van der Waals surface area contributed by atoms with Crippen LogP contribution in [0.3, 0.4) is 0 Å². The first-order chi connectivity index (χ1) is 13.1. The van der Waals surface area contributed by atoms with E-state index in [9.17, 15) is 14.4 Å². The van der Waals surface area contributed by atoms with E-state index in [-0.39, 0.29) is 23.4 Å². The Hall–Kier alpha value is -2.59. The van der Waals surface area contributed by atoms with Gasteiger partial charge in [-0.1, -0.05) is 54.6 Å². The second-order valence-corrected chi connectivity index (χ2v) is 7.41.